The van der Waals surface area contributed by atoms with E-state index < -0.39 is 0 Å². The van der Waals surface area contributed by atoms with Crippen LogP contribution in [-0.4, -0.2) is 29.4 Å². The van der Waals surface area contributed by atoms with Crippen LogP contribution in [0, 0.1) is 0 Å². The molecule has 0 radical (unpaired) electrons. The molecule has 1 heterocycles. The second-order valence-corrected chi connectivity index (χ2v) is 5.55. The number of nitrogen functional groups attached to an aromatic ring is 1. The van der Waals surface area contributed by atoms with Crippen LogP contribution >= 0.6 is 11.8 Å². The van der Waals surface area contributed by atoms with Crippen molar-refractivity contribution in [2.45, 2.75) is 29.9 Å². The van der Waals surface area contributed by atoms with E-state index in [0.29, 0.717) is 18.7 Å². The molecule has 0 aromatic heterocycles. The van der Waals surface area contributed by atoms with Gasteiger partial charge in [-0.2, -0.15) is 0 Å². The van der Waals surface area contributed by atoms with Crippen molar-refractivity contribution in [3.63, 3.8) is 0 Å². The van der Waals surface area contributed by atoms with Gasteiger partial charge in [-0.3, -0.25) is 4.79 Å². The molecule has 4 nitrogen and oxygen atoms in total. The first-order valence-corrected chi connectivity index (χ1v) is 7.03. The summed E-state index contributed by atoms with van der Waals surface area (Å²) in [6.07, 6.45) is 1.39. The minimum atomic E-state index is -0.0435. The van der Waals surface area contributed by atoms with Gasteiger partial charge in [-0.05, 0) is 31.0 Å². The number of aliphatic hydroxyl groups is 1. The summed E-state index contributed by atoms with van der Waals surface area (Å²) in [4.78, 5) is 15.1. The second-order valence-electron chi connectivity index (χ2n) is 4.31. The van der Waals surface area contributed by atoms with E-state index in [1.54, 1.807) is 16.7 Å². The van der Waals surface area contributed by atoms with Crippen molar-refractivity contribution in [3.05, 3.63) is 18.2 Å². The van der Waals surface area contributed by atoms with Crippen LogP contribution in [0.2, 0.25) is 0 Å². The summed E-state index contributed by atoms with van der Waals surface area (Å²) in [5.41, 5.74) is 7.42. The maximum Gasteiger partial charge on any atom is 0.240 e. The number of nitrogens with two attached hydrogens (primary N) is 1. The predicted molar refractivity (Wildman–Crippen MR) is 74.8 cm³/mol. The SMILES string of the molecule is CCC1Sc2cc(N)ccc2N(CCCO)C1=O. The minimum absolute atomic E-state index is 0.0435. The Balaban J connectivity index is 2.35. The molecule has 1 amide bonds. The number of nitrogens with zero attached hydrogens (tertiary/aromatic N) is 1. The predicted octanol–water partition coefficient (Wildman–Crippen LogP) is 1.87. The van der Waals surface area contributed by atoms with E-state index in [2.05, 4.69) is 0 Å². The van der Waals surface area contributed by atoms with Crippen molar-refractivity contribution >= 4 is 29.0 Å². The maximum atomic E-state index is 12.3. The number of carbonyl (C=O) groups excluding carboxylic acids is 1. The molecule has 1 aromatic rings. The van der Waals surface area contributed by atoms with Crippen molar-refractivity contribution < 1.29 is 9.90 Å². The Labute approximate surface area is 111 Å². The smallest absolute Gasteiger partial charge is 0.240 e. The van der Waals surface area contributed by atoms with Gasteiger partial charge in [0.15, 0.2) is 0 Å². The van der Waals surface area contributed by atoms with Gasteiger partial charge in [0.2, 0.25) is 5.91 Å². The van der Waals surface area contributed by atoms with E-state index in [4.69, 9.17) is 10.8 Å². The van der Waals surface area contributed by atoms with Crippen LogP contribution in [0.1, 0.15) is 19.8 Å². The lowest BCUT2D eigenvalue weighted by Crippen LogP contribution is -2.41. The van der Waals surface area contributed by atoms with Gasteiger partial charge in [0, 0.05) is 23.7 Å². The Hall–Kier alpha value is -1.20. The quantitative estimate of drug-likeness (QED) is 0.816. The van der Waals surface area contributed by atoms with Gasteiger partial charge < -0.3 is 15.7 Å². The van der Waals surface area contributed by atoms with Crippen molar-refractivity contribution in [1.82, 2.24) is 0 Å². The molecule has 0 bridgehead atoms. The van der Waals surface area contributed by atoms with Crippen LogP contribution in [-0.2, 0) is 4.79 Å². The van der Waals surface area contributed by atoms with E-state index >= 15 is 0 Å². The molecule has 1 unspecified atom stereocenters. The topological polar surface area (TPSA) is 66.6 Å². The summed E-state index contributed by atoms with van der Waals surface area (Å²) >= 11 is 1.58. The van der Waals surface area contributed by atoms with E-state index in [-0.39, 0.29) is 17.8 Å². The normalized spacial score (nSPS) is 18.9. The van der Waals surface area contributed by atoms with Crippen LogP contribution in [0.5, 0.6) is 0 Å². The fourth-order valence-electron chi connectivity index (χ4n) is 2.06. The fraction of sp³-hybridized carbons (Fsp3) is 0.462. The van der Waals surface area contributed by atoms with Crippen molar-refractivity contribution in [2.24, 2.45) is 0 Å². The summed E-state index contributed by atoms with van der Waals surface area (Å²) in [7, 11) is 0. The molecular formula is C13H18N2O2S. The highest BCUT2D eigenvalue weighted by atomic mass is 32.2. The first-order valence-electron chi connectivity index (χ1n) is 6.15. The monoisotopic (exact) mass is 266 g/mol. The van der Waals surface area contributed by atoms with Crippen LogP contribution in [0.3, 0.4) is 0 Å². The molecule has 0 spiro atoms. The Kier molecular flexibility index (Phi) is 4.14. The lowest BCUT2D eigenvalue weighted by atomic mass is 10.2. The standard InChI is InChI=1S/C13H18N2O2S/c1-2-11-13(17)15(6-3-7-16)10-5-4-9(14)8-12(10)18-11/h4-5,8,11,16H,2-3,6-7,14H2,1H3. The summed E-state index contributed by atoms with van der Waals surface area (Å²) in [6, 6.07) is 5.62. The molecule has 3 N–H and O–H groups in total. The Bertz CT molecular complexity index is 451. The molecule has 0 saturated heterocycles. The molecule has 0 aliphatic carbocycles. The van der Waals surface area contributed by atoms with Crippen LogP contribution in [0.15, 0.2) is 23.1 Å². The van der Waals surface area contributed by atoms with Crippen molar-refractivity contribution in [1.29, 1.82) is 0 Å². The Morgan fingerprint density at radius 3 is 2.94 bits per heavy atom. The Morgan fingerprint density at radius 1 is 1.50 bits per heavy atom. The first-order chi connectivity index (χ1) is 8.67. The van der Waals surface area contributed by atoms with Crippen LogP contribution in [0.25, 0.3) is 0 Å². The number of benzene rings is 1. The molecule has 0 fully saturated rings. The van der Waals surface area contributed by atoms with Gasteiger partial charge >= 0.3 is 0 Å². The van der Waals surface area contributed by atoms with Gasteiger partial charge in [0.1, 0.15) is 0 Å². The maximum absolute atomic E-state index is 12.3. The molecule has 1 atom stereocenters. The molecule has 2 rings (SSSR count). The molecule has 1 aliphatic rings. The number of rotatable bonds is 4. The van der Waals surface area contributed by atoms with Gasteiger partial charge in [0.05, 0.1) is 10.9 Å². The van der Waals surface area contributed by atoms with Gasteiger partial charge in [0.25, 0.3) is 0 Å². The zero-order valence-corrected chi connectivity index (χ0v) is 11.2. The van der Waals surface area contributed by atoms with Gasteiger partial charge in [-0.1, -0.05) is 6.92 Å². The summed E-state index contributed by atoms with van der Waals surface area (Å²) in [5.74, 6) is 0.133. The highest BCUT2D eigenvalue weighted by Crippen LogP contribution is 2.41. The lowest BCUT2D eigenvalue weighted by Gasteiger charge is -2.33. The number of fused-ring (bicyclic) bond motifs is 1. The number of hydrogen-bond acceptors (Lipinski definition) is 4. The molecule has 1 aliphatic heterocycles. The third-order valence-corrected chi connectivity index (χ3v) is 4.40. The van der Waals surface area contributed by atoms with Crippen molar-refractivity contribution in [2.75, 3.05) is 23.8 Å². The molecule has 18 heavy (non-hydrogen) atoms. The Morgan fingerprint density at radius 2 is 2.28 bits per heavy atom. The zero-order valence-electron chi connectivity index (χ0n) is 10.4. The highest BCUT2D eigenvalue weighted by Gasteiger charge is 2.31. The van der Waals surface area contributed by atoms with Gasteiger partial charge in [-0.15, -0.1) is 11.8 Å². The van der Waals surface area contributed by atoms with Crippen LogP contribution in [0.4, 0.5) is 11.4 Å². The van der Waals surface area contributed by atoms with E-state index in [0.717, 1.165) is 17.0 Å². The fourth-order valence-corrected chi connectivity index (χ4v) is 3.27. The molecule has 0 saturated carbocycles. The number of amides is 1. The van der Waals surface area contributed by atoms with E-state index in [1.165, 1.54) is 0 Å². The average Bonchev–Trinajstić information content (AvgIpc) is 2.37. The zero-order chi connectivity index (χ0) is 13.1. The number of anilines is 2. The average molecular weight is 266 g/mol. The number of thioether (sulfide) groups is 1. The van der Waals surface area contributed by atoms with Gasteiger partial charge in [-0.25, -0.2) is 0 Å². The van der Waals surface area contributed by atoms with E-state index in [9.17, 15) is 4.79 Å². The number of carbonyl (C=O) groups is 1. The summed E-state index contributed by atoms with van der Waals surface area (Å²) < 4.78 is 0. The minimum Gasteiger partial charge on any atom is -0.399 e. The molecule has 1 aromatic carbocycles. The molecular weight excluding hydrogens is 248 g/mol. The second kappa shape index (κ2) is 5.63. The molecule has 98 valence electrons. The molecule has 5 heteroatoms. The highest BCUT2D eigenvalue weighted by molar-refractivity contribution is 8.01. The van der Waals surface area contributed by atoms with E-state index in [1.807, 2.05) is 25.1 Å². The van der Waals surface area contributed by atoms with Crippen LogP contribution < -0.4 is 10.6 Å². The largest absolute Gasteiger partial charge is 0.399 e. The summed E-state index contributed by atoms with van der Waals surface area (Å²) in [6.45, 7) is 2.67. The third kappa shape index (κ3) is 2.47. The summed E-state index contributed by atoms with van der Waals surface area (Å²) in [5, 5.41) is 8.89. The third-order valence-electron chi connectivity index (χ3n) is 3.00. The number of hydrogen-bond donors (Lipinski definition) is 2. The number of aliphatic hydroxyl groups excluding tert-OH is 1. The lowest BCUT2D eigenvalue weighted by molar-refractivity contribution is -0.118. The first kappa shape index (κ1) is 13.2. The van der Waals surface area contributed by atoms with Crippen molar-refractivity contribution in [3.8, 4) is 0 Å².